The summed E-state index contributed by atoms with van der Waals surface area (Å²) in [4.78, 5) is 2.14. The summed E-state index contributed by atoms with van der Waals surface area (Å²) >= 11 is 4.75. The van der Waals surface area contributed by atoms with Crippen LogP contribution in [0.2, 0.25) is 0 Å². The zero-order valence-corrected chi connectivity index (χ0v) is 11.1. The van der Waals surface area contributed by atoms with Gasteiger partial charge in [-0.2, -0.15) is 0 Å². The van der Waals surface area contributed by atoms with Gasteiger partial charge in [0.05, 0.1) is 6.61 Å². The Morgan fingerprint density at radius 2 is 2.00 bits per heavy atom. The van der Waals surface area contributed by atoms with E-state index in [2.05, 4.69) is 24.3 Å². The van der Waals surface area contributed by atoms with Crippen LogP contribution in [0.4, 0.5) is 5.69 Å². The highest BCUT2D eigenvalue weighted by Gasteiger charge is 1.96. The van der Waals surface area contributed by atoms with Crippen molar-refractivity contribution in [2.75, 3.05) is 32.6 Å². The SMILES string of the molecule is CN(C)CCCOc1ccc(NC(N)=S)cc1. The quantitative estimate of drug-likeness (QED) is 0.596. The maximum absolute atomic E-state index is 5.60. The van der Waals surface area contributed by atoms with E-state index in [9.17, 15) is 0 Å². The third kappa shape index (κ3) is 6.09. The monoisotopic (exact) mass is 253 g/mol. The van der Waals surface area contributed by atoms with E-state index in [-0.39, 0.29) is 5.11 Å². The highest BCUT2D eigenvalue weighted by molar-refractivity contribution is 7.80. The Labute approximate surface area is 108 Å². The van der Waals surface area contributed by atoms with Gasteiger partial charge in [-0.1, -0.05) is 0 Å². The van der Waals surface area contributed by atoms with Crippen molar-refractivity contribution in [3.05, 3.63) is 24.3 Å². The lowest BCUT2D eigenvalue weighted by atomic mass is 10.3. The van der Waals surface area contributed by atoms with Crippen LogP contribution in [0.5, 0.6) is 5.75 Å². The first-order valence-corrected chi connectivity index (χ1v) is 5.93. The number of hydrogen-bond donors (Lipinski definition) is 2. The molecule has 1 rings (SSSR count). The molecule has 0 saturated carbocycles. The van der Waals surface area contributed by atoms with Crippen molar-refractivity contribution in [1.82, 2.24) is 4.90 Å². The Balaban J connectivity index is 2.32. The molecule has 0 unspecified atom stereocenters. The molecule has 0 amide bonds. The number of nitrogens with one attached hydrogen (secondary N) is 1. The van der Waals surface area contributed by atoms with Crippen LogP contribution < -0.4 is 15.8 Å². The summed E-state index contributed by atoms with van der Waals surface area (Å²) in [6.07, 6.45) is 1.01. The van der Waals surface area contributed by atoms with Crippen molar-refractivity contribution in [2.45, 2.75) is 6.42 Å². The van der Waals surface area contributed by atoms with Crippen LogP contribution in [0, 0.1) is 0 Å². The molecule has 17 heavy (non-hydrogen) atoms. The van der Waals surface area contributed by atoms with Crippen molar-refractivity contribution in [3.8, 4) is 5.75 Å². The van der Waals surface area contributed by atoms with Crippen LogP contribution in [-0.2, 0) is 0 Å². The fourth-order valence-corrected chi connectivity index (χ4v) is 1.47. The summed E-state index contributed by atoms with van der Waals surface area (Å²) < 4.78 is 5.60. The van der Waals surface area contributed by atoms with E-state index in [1.165, 1.54) is 0 Å². The van der Waals surface area contributed by atoms with E-state index in [4.69, 9.17) is 22.7 Å². The van der Waals surface area contributed by atoms with Crippen molar-refractivity contribution in [1.29, 1.82) is 0 Å². The lowest BCUT2D eigenvalue weighted by molar-refractivity contribution is 0.281. The molecule has 0 aliphatic rings. The van der Waals surface area contributed by atoms with Crippen molar-refractivity contribution < 1.29 is 4.74 Å². The first-order chi connectivity index (χ1) is 8.08. The predicted octanol–water partition coefficient (Wildman–Crippen LogP) is 1.67. The standard InChI is InChI=1S/C12H19N3OS/c1-15(2)8-3-9-16-11-6-4-10(5-7-11)14-12(13)17/h4-7H,3,8-9H2,1-2H3,(H3,13,14,17). The smallest absolute Gasteiger partial charge is 0.168 e. The van der Waals surface area contributed by atoms with E-state index >= 15 is 0 Å². The van der Waals surface area contributed by atoms with Crippen LogP contribution in [0.1, 0.15) is 6.42 Å². The van der Waals surface area contributed by atoms with E-state index in [0.29, 0.717) is 0 Å². The largest absolute Gasteiger partial charge is 0.494 e. The van der Waals surface area contributed by atoms with Gasteiger partial charge in [0.15, 0.2) is 5.11 Å². The van der Waals surface area contributed by atoms with Crippen molar-refractivity contribution in [2.24, 2.45) is 5.73 Å². The molecule has 0 spiro atoms. The topological polar surface area (TPSA) is 50.5 Å². The predicted molar refractivity (Wildman–Crippen MR) is 75.5 cm³/mol. The van der Waals surface area contributed by atoms with Gasteiger partial charge in [-0.15, -0.1) is 0 Å². The average Bonchev–Trinajstić information content (AvgIpc) is 2.25. The minimum absolute atomic E-state index is 0.268. The molecular weight excluding hydrogens is 234 g/mol. The minimum atomic E-state index is 0.268. The normalized spacial score (nSPS) is 10.3. The number of benzene rings is 1. The molecule has 0 saturated heterocycles. The van der Waals surface area contributed by atoms with Crippen LogP contribution in [0.25, 0.3) is 0 Å². The fraction of sp³-hybridized carbons (Fsp3) is 0.417. The number of nitrogens with two attached hydrogens (primary N) is 1. The second kappa shape index (κ2) is 7.09. The van der Waals surface area contributed by atoms with Gasteiger partial charge in [-0.25, -0.2) is 0 Å². The molecule has 0 fully saturated rings. The molecule has 94 valence electrons. The first-order valence-electron chi connectivity index (χ1n) is 5.52. The molecule has 5 heteroatoms. The highest BCUT2D eigenvalue weighted by Crippen LogP contribution is 2.15. The zero-order valence-electron chi connectivity index (χ0n) is 10.3. The second-order valence-electron chi connectivity index (χ2n) is 4.02. The molecule has 3 N–H and O–H groups in total. The molecule has 0 atom stereocenters. The fourth-order valence-electron chi connectivity index (χ4n) is 1.35. The zero-order chi connectivity index (χ0) is 12.7. The molecule has 0 heterocycles. The molecule has 0 bridgehead atoms. The maximum atomic E-state index is 5.60. The minimum Gasteiger partial charge on any atom is -0.494 e. The lowest BCUT2D eigenvalue weighted by Crippen LogP contribution is -2.18. The number of thiocarbonyl (C=S) groups is 1. The highest BCUT2D eigenvalue weighted by atomic mass is 32.1. The van der Waals surface area contributed by atoms with E-state index < -0.39 is 0 Å². The van der Waals surface area contributed by atoms with Gasteiger partial charge in [-0.05, 0) is 57.0 Å². The first kappa shape index (κ1) is 13.7. The summed E-state index contributed by atoms with van der Waals surface area (Å²) in [5, 5.41) is 3.13. The van der Waals surface area contributed by atoms with Crippen molar-refractivity contribution >= 4 is 23.0 Å². The molecule has 4 nitrogen and oxygen atoms in total. The number of hydrogen-bond acceptors (Lipinski definition) is 3. The molecule has 1 aromatic rings. The average molecular weight is 253 g/mol. The number of anilines is 1. The van der Waals surface area contributed by atoms with Gasteiger partial charge in [0.1, 0.15) is 5.75 Å². The summed E-state index contributed by atoms with van der Waals surface area (Å²) in [5.41, 5.74) is 6.25. The Morgan fingerprint density at radius 3 is 2.53 bits per heavy atom. The summed E-state index contributed by atoms with van der Waals surface area (Å²) in [5.74, 6) is 0.859. The Morgan fingerprint density at radius 1 is 1.35 bits per heavy atom. The third-order valence-electron chi connectivity index (χ3n) is 2.14. The van der Waals surface area contributed by atoms with Gasteiger partial charge in [-0.3, -0.25) is 0 Å². The molecule has 0 aliphatic heterocycles. The van der Waals surface area contributed by atoms with Gasteiger partial charge >= 0.3 is 0 Å². The maximum Gasteiger partial charge on any atom is 0.168 e. The Bertz CT molecular complexity index is 351. The van der Waals surface area contributed by atoms with Crippen LogP contribution >= 0.6 is 12.2 Å². The van der Waals surface area contributed by atoms with Crippen LogP contribution in [0.15, 0.2) is 24.3 Å². The van der Waals surface area contributed by atoms with Gasteiger partial charge < -0.3 is 20.7 Å². The third-order valence-corrected chi connectivity index (χ3v) is 2.24. The molecule has 0 radical (unpaired) electrons. The number of rotatable bonds is 6. The van der Waals surface area contributed by atoms with E-state index in [1.807, 2.05) is 24.3 Å². The summed E-state index contributed by atoms with van der Waals surface area (Å²) in [6, 6.07) is 7.58. The summed E-state index contributed by atoms with van der Waals surface area (Å²) in [7, 11) is 4.10. The molecule has 0 aliphatic carbocycles. The number of nitrogens with zero attached hydrogens (tertiary/aromatic N) is 1. The van der Waals surface area contributed by atoms with E-state index in [0.717, 1.165) is 31.0 Å². The molecular formula is C12H19N3OS. The lowest BCUT2D eigenvalue weighted by Gasteiger charge is -2.10. The van der Waals surface area contributed by atoms with Crippen LogP contribution in [-0.4, -0.2) is 37.3 Å². The second-order valence-corrected chi connectivity index (χ2v) is 4.46. The molecule has 0 aromatic heterocycles. The van der Waals surface area contributed by atoms with Crippen molar-refractivity contribution in [3.63, 3.8) is 0 Å². The Kier molecular flexibility index (Phi) is 5.72. The van der Waals surface area contributed by atoms with Gasteiger partial charge in [0.2, 0.25) is 0 Å². The van der Waals surface area contributed by atoms with Crippen LogP contribution in [0.3, 0.4) is 0 Å². The summed E-state index contributed by atoms with van der Waals surface area (Å²) in [6.45, 7) is 1.75. The van der Waals surface area contributed by atoms with Gasteiger partial charge in [0.25, 0.3) is 0 Å². The van der Waals surface area contributed by atoms with E-state index in [1.54, 1.807) is 0 Å². The molecule has 1 aromatic carbocycles. The van der Waals surface area contributed by atoms with Gasteiger partial charge in [0, 0.05) is 12.2 Å². The Hall–Kier alpha value is -1.33. The number of ether oxygens (including phenoxy) is 1.